The van der Waals surface area contributed by atoms with Gasteiger partial charge in [0.05, 0.1) is 4.92 Å². The third-order valence-electron chi connectivity index (χ3n) is 4.03. The van der Waals surface area contributed by atoms with Crippen LogP contribution in [0.5, 0.6) is 0 Å². The number of nitrogens with zero attached hydrogens (tertiary/aromatic N) is 3. The standard InChI is InChI=1S/C12H19N5O2/c1-7-4-5-9(8(7)2)16-12-10(17(18)19)11(13-3)14-6-15-12/h6-9H,4-5H2,1-3H3,(H2,13,14,15,16). The molecule has 104 valence electrons. The molecule has 0 saturated heterocycles. The minimum atomic E-state index is -0.447. The number of hydrogen-bond acceptors (Lipinski definition) is 6. The van der Waals surface area contributed by atoms with Crippen LogP contribution in [0, 0.1) is 22.0 Å². The van der Waals surface area contributed by atoms with Gasteiger partial charge in [-0.3, -0.25) is 10.1 Å². The van der Waals surface area contributed by atoms with Crippen LogP contribution < -0.4 is 10.6 Å². The second-order valence-corrected chi connectivity index (χ2v) is 5.09. The first kappa shape index (κ1) is 13.5. The van der Waals surface area contributed by atoms with E-state index in [9.17, 15) is 10.1 Å². The van der Waals surface area contributed by atoms with Gasteiger partial charge in [0.25, 0.3) is 0 Å². The lowest BCUT2D eigenvalue weighted by Gasteiger charge is -2.20. The van der Waals surface area contributed by atoms with Crippen molar-refractivity contribution < 1.29 is 4.92 Å². The second kappa shape index (κ2) is 5.38. The molecule has 0 spiro atoms. The van der Waals surface area contributed by atoms with Crippen molar-refractivity contribution in [2.45, 2.75) is 32.7 Å². The maximum Gasteiger partial charge on any atom is 0.353 e. The molecule has 7 nitrogen and oxygen atoms in total. The molecule has 0 aromatic carbocycles. The Morgan fingerprint density at radius 3 is 2.53 bits per heavy atom. The highest BCUT2D eigenvalue weighted by atomic mass is 16.6. The lowest BCUT2D eigenvalue weighted by Crippen LogP contribution is -2.25. The summed E-state index contributed by atoms with van der Waals surface area (Å²) in [5.74, 6) is 1.64. The summed E-state index contributed by atoms with van der Waals surface area (Å²) in [4.78, 5) is 18.6. The van der Waals surface area contributed by atoms with E-state index in [0.717, 1.165) is 12.8 Å². The average Bonchev–Trinajstić information content (AvgIpc) is 2.70. The maximum absolute atomic E-state index is 11.2. The van der Waals surface area contributed by atoms with Crippen LogP contribution in [0.4, 0.5) is 17.3 Å². The quantitative estimate of drug-likeness (QED) is 0.640. The highest BCUT2D eigenvalue weighted by Gasteiger charge is 2.32. The lowest BCUT2D eigenvalue weighted by molar-refractivity contribution is -0.383. The molecular weight excluding hydrogens is 246 g/mol. The second-order valence-electron chi connectivity index (χ2n) is 5.09. The Bertz CT molecular complexity index is 479. The van der Waals surface area contributed by atoms with Gasteiger partial charge < -0.3 is 10.6 Å². The molecule has 1 saturated carbocycles. The van der Waals surface area contributed by atoms with Crippen molar-refractivity contribution in [2.24, 2.45) is 11.8 Å². The van der Waals surface area contributed by atoms with Crippen molar-refractivity contribution in [3.05, 3.63) is 16.4 Å². The molecule has 0 bridgehead atoms. The van der Waals surface area contributed by atoms with E-state index >= 15 is 0 Å². The van der Waals surface area contributed by atoms with Crippen LogP contribution in [-0.2, 0) is 0 Å². The zero-order valence-electron chi connectivity index (χ0n) is 11.4. The molecule has 0 amide bonds. The minimum absolute atomic E-state index is 0.0863. The molecule has 1 aliphatic carbocycles. The number of nitro groups is 1. The maximum atomic E-state index is 11.2. The Hall–Kier alpha value is -1.92. The summed E-state index contributed by atoms with van der Waals surface area (Å²) in [5, 5.41) is 17.1. The number of aromatic nitrogens is 2. The Kier molecular flexibility index (Phi) is 3.82. The molecule has 1 aromatic heterocycles. The monoisotopic (exact) mass is 265 g/mol. The van der Waals surface area contributed by atoms with Gasteiger partial charge in [-0.1, -0.05) is 13.8 Å². The molecule has 19 heavy (non-hydrogen) atoms. The van der Waals surface area contributed by atoms with E-state index in [1.165, 1.54) is 6.33 Å². The van der Waals surface area contributed by atoms with Crippen LogP contribution in [0.2, 0.25) is 0 Å². The van der Waals surface area contributed by atoms with E-state index in [1.807, 2.05) is 0 Å². The summed E-state index contributed by atoms with van der Waals surface area (Å²) < 4.78 is 0. The van der Waals surface area contributed by atoms with E-state index in [4.69, 9.17) is 0 Å². The van der Waals surface area contributed by atoms with Crippen molar-refractivity contribution in [3.63, 3.8) is 0 Å². The van der Waals surface area contributed by atoms with Gasteiger partial charge in [-0.05, 0) is 24.7 Å². The predicted molar refractivity (Wildman–Crippen MR) is 73.2 cm³/mol. The minimum Gasteiger partial charge on any atom is -0.367 e. The molecule has 3 unspecified atom stereocenters. The van der Waals surface area contributed by atoms with Gasteiger partial charge in [0.1, 0.15) is 6.33 Å². The molecule has 1 heterocycles. The van der Waals surface area contributed by atoms with E-state index in [-0.39, 0.29) is 17.5 Å². The summed E-state index contributed by atoms with van der Waals surface area (Å²) in [7, 11) is 1.61. The van der Waals surface area contributed by atoms with Crippen LogP contribution in [0.15, 0.2) is 6.33 Å². The highest BCUT2D eigenvalue weighted by molar-refractivity contribution is 5.69. The summed E-state index contributed by atoms with van der Waals surface area (Å²) in [6.07, 6.45) is 3.49. The van der Waals surface area contributed by atoms with Crippen molar-refractivity contribution in [1.29, 1.82) is 0 Å². The molecular formula is C12H19N5O2. The van der Waals surface area contributed by atoms with Crippen molar-refractivity contribution in [3.8, 4) is 0 Å². The molecule has 1 fully saturated rings. The topological polar surface area (TPSA) is 93.0 Å². The zero-order valence-corrected chi connectivity index (χ0v) is 11.4. The smallest absolute Gasteiger partial charge is 0.353 e. The Balaban J connectivity index is 2.27. The van der Waals surface area contributed by atoms with E-state index in [1.54, 1.807) is 7.05 Å². The van der Waals surface area contributed by atoms with Crippen molar-refractivity contribution >= 4 is 17.3 Å². The van der Waals surface area contributed by atoms with Gasteiger partial charge in [0.2, 0.25) is 11.6 Å². The fourth-order valence-corrected chi connectivity index (χ4v) is 2.58. The first-order valence-electron chi connectivity index (χ1n) is 6.48. The van der Waals surface area contributed by atoms with E-state index in [2.05, 4.69) is 34.4 Å². The molecule has 2 rings (SSSR count). The van der Waals surface area contributed by atoms with E-state index in [0.29, 0.717) is 17.7 Å². The third-order valence-corrected chi connectivity index (χ3v) is 4.03. The molecule has 2 N–H and O–H groups in total. The van der Waals surface area contributed by atoms with Gasteiger partial charge in [0, 0.05) is 13.1 Å². The Morgan fingerprint density at radius 1 is 1.32 bits per heavy atom. The molecule has 1 aliphatic rings. The summed E-state index contributed by atoms with van der Waals surface area (Å²) >= 11 is 0. The van der Waals surface area contributed by atoms with Gasteiger partial charge >= 0.3 is 5.69 Å². The molecule has 3 atom stereocenters. The number of anilines is 2. The summed E-state index contributed by atoms with van der Waals surface area (Å²) in [5.41, 5.74) is -0.0863. The van der Waals surface area contributed by atoms with Crippen molar-refractivity contribution in [2.75, 3.05) is 17.7 Å². The SMILES string of the molecule is CNc1ncnc(NC2CCC(C)C2C)c1[N+](=O)[O-]. The number of nitrogens with one attached hydrogen (secondary N) is 2. The van der Waals surface area contributed by atoms with E-state index < -0.39 is 4.92 Å². The van der Waals surface area contributed by atoms with Crippen LogP contribution in [0.1, 0.15) is 26.7 Å². The van der Waals surface area contributed by atoms with Crippen LogP contribution in [0.3, 0.4) is 0 Å². The van der Waals surface area contributed by atoms with Crippen LogP contribution >= 0.6 is 0 Å². The van der Waals surface area contributed by atoms with Crippen molar-refractivity contribution in [1.82, 2.24) is 9.97 Å². The highest BCUT2D eigenvalue weighted by Crippen LogP contribution is 2.36. The molecule has 1 aromatic rings. The van der Waals surface area contributed by atoms with Crippen LogP contribution in [0.25, 0.3) is 0 Å². The van der Waals surface area contributed by atoms with Gasteiger partial charge in [-0.2, -0.15) is 0 Å². The zero-order chi connectivity index (χ0) is 14.0. The molecule has 0 radical (unpaired) electrons. The normalized spacial score (nSPS) is 26.2. The van der Waals surface area contributed by atoms with Gasteiger partial charge in [-0.15, -0.1) is 0 Å². The van der Waals surface area contributed by atoms with Crippen LogP contribution in [-0.4, -0.2) is 28.0 Å². The molecule has 7 heteroatoms. The number of hydrogen-bond donors (Lipinski definition) is 2. The Morgan fingerprint density at radius 2 is 2.00 bits per heavy atom. The molecule has 0 aliphatic heterocycles. The largest absolute Gasteiger partial charge is 0.367 e. The summed E-state index contributed by atoms with van der Waals surface area (Å²) in [6, 6.07) is 0.230. The predicted octanol–water partition coefficient (Wildman–Crippen LogP) is 2.27. The first-order chi connectivity index (χ1) is 9.04. The average molecular weight is 265 g/mol. The lowest BCUT2D eigenvalue weighted by atomic mass is 9.98. The fourth-order valence-electron chi connectivity index (χ4n) is 2.58. The third kappa shape index (κ3) is 2.59. The number of rotatable bonds is 4. The first-order valence-corrected chi connectivity index (χ1v) is 6.48. The summed E-state index contributed by atoms with van der Waals surface area (Å²) in [6.45, 7) is 4.38. The van der Waals surface area contributed by atoms with Gasteiger partial charge in [-0.25, -0.2) is 9.97 Å². The Labute approximate surface area is 112 Å². The fraction of sp³-hybridized carbons (Fsp3) is 0.667. The van der Waals surface area contributed by atoms with Gasteiger partial charge in [0.15, 0.2) is 0 Å².